The fourth-order valence-electron chi connectivity index (χ4n) is 0.614. The van der Waals surface area contributed by atoms with E-state index in [2.05, 4.69) is 0 Å². The third kappa shape index (κ3) is 0.978. The number of halogens is 1. The molecule has 2 nitrogen and oxygen atoms in total. The molecule has 10 heavy (non-hydrogen) atoms. The molecule has 0 heterocycles. The first kappa shape index (κ1) is 6.74. The van der Waals surface area contributed by atoms with Crippen molar-refractivity contribution in [2.45, 2.75) is 0 Å². The Balaban J connectivity index is 3.30. The molecule has 0 saturated heterocycles. The van der Waals surface area contributed by atoms with Crippen molar-refractivity contribution in [3.63, 3.8) is 0 Å². The summed E-state index contributed by atoms with van der Waals surface area (Å²) >= 11 is 0. The molecule has 0 atom stereocenters. The molecule has 0 fully saturated rings. The first-order chi connectivity index (χ1) is 4.75. The monoisotopic (exact) mass is 139 g/mol. The maximum absolute atomic E-state index is 12.4. The minimum atomic E-state index is -0.755. The molecule has 0 amide bonds. The smallest absolute Gasteiger partial charge is 0.240 e. The SMILES string of the molecule is O=[C]c1c(O)cccc1F. The van der Waals surface area contributed by atoms with Crippen LogP contribution in [0.5, 0.6) is 5.75 Å². The first-order valence-corrected chi connectivity index (χ1v) is 2.61. The summed E-state index contributed by atoms with van der Waals surface area (Å²) in [4.78, 5) is 9.92. The number of hydrogen-bond acceptors (Lipinski definition) is 2. The number of phenols is 1. The summed E-state index contributed by atoms with van der Waals surface area (Å²) < 4.78 is 12.4. The highest BCUT2D eigenvalue weighted by atomic mass is 19.1. The summed E-state index contributed by atoms with van der Waals surface area (Å²) in [6, 6.07) is 3.62. The van der Waals surface area contributed by atoms with Crippen LogP contribution in [-0.4, -0.2) is 11.4 Å². The number of carbonyl (C=O) groups excluding carboxylic acids is 1. The lowest BCUT2D eigenvalue weighted by Crippen LogP contribution is -1.86. The van der Waals surface area contributed by atoms with Gasteiger partial charge in [0.05, 0.1) is 0 Å². The average molecular weight is 139 g/mol. The molecule has 0 aliphatic heterocycles. The molecule has 51 valence electrons. The molecular formula is C7H4FO2. The van der Waals surface area contributed by atoms with Crippen LogP contribution in [0.1, 0.15) is 5.56 Å². The van der Waals surface area contributed by atoms with Crippen LogP contribution in [0.15, 0.2) is 18.2 Å². The van der Waals surface area contributed by atoms with Gasteiger partial charge in [0.2, 0.25) is 6.29 Å². The Labute approximate surface area is 56.9 Å². The van der Waals surface area contributed by atoms with Gasteiger partial charge in [-0.3, -0.25) is 4.79 Å². The van der Waals surface area contributed by atoms with E-state index in [9.17, 15) is 9.18 Å². The highest BCUT2D eigenvalue weighted by Gasteiger charge is 2.05. The van der Waals surface area contributed by atoms with E-state index >= 15 is 0 Å². The molecule has 0 bridgehead atoms. The zero-order chi connectivity index (χ0) is 7.56. The largest absolute Gasteiger partial charge is 0.507 e. The van der Waals surface area contributed by atoms with Crippen molar-refractivity contribution in [2.24, 2.45) is 0 Å². The molecule has 0 aliphatic carbocycles. The van der Waals surface area contributed by atoms with Gasteiger partial charge < -0.3 is 5.11 Å². The number of aromatic hydroxyl groups is 1. The van der Waals surface area contributed by atoms with Crippen molar-refractivity contribution >= 4 is 6.29 Å². The Kier molecular flexibility index (Phi) is 1.67. The van der Waals surface area contributed by atoms with Gasteiger partial charge in [-0.1, -0.05) is 6.07 Å². The second-order valence-corrected chi connectivity index (χ2v) is 1.74. The van der Waals surface area contributed by atoms with E-state index in [1.54, 1.807) is 0 Å². The lowest BCUT2D eigenvalue weighted by atomic mass is 10.2. The quantitative estimate of drug-likeness (QED) is 0.629. The van der Waals surface area contributed by atoms with Gasteiger partial charge in [0.15, 0.2) is 0 Å². The van der Waals surface area contributed by atoms with Gasteiger partial charge in [0.1, 0.15) is 17.1 Å². The Bertz CT molecular complexity index is 238. The average Bonchev–Trinajstić information content (AvgIpc) is 1.88. The summed E-state index contributed by atoms with van der Waals surface area (Å²) in [5.74, 6) is -1.13. The van der Waals surface area contributed by atoms with Crippen molar-refractivity contribution in [3.8, 4) is 5.75 Å². The Morgan fingerprint density at radius 3 is 2.60 bits per heavy atom. The molecular weight excluding hydrogens is 135 g/mol. The zero-order valence-corrected chi connectivity index (χ0v) is 4.97. The lowest BCUT2D eigenvalue weighted by Gasteiger charge is -1.94. The Hall–Kier alpha value is -1.38. The van der Waals surface area contributed by atoms with Crippen molar-refractivity contribution in [1.29, 1.82) is 0 Å². The highest BCUT2D eigenvalue weighted by Crippen LogP contribution is 2.16. The van der Waals surface area contributed by atoms with Gasteiger partial charge in [-0.2, -0.15) is 0 Å². The predicted molar refractivity (Wildman–Crippen MR) is 32.9 cm³/mol. The molecule has 1 aromatic carbocycles. The van der Waals surface area contributed by atoms with E-state index in [4.69, 9.17) is 5.11 Å². The third-order valence-electron chi connectivity index (χ3n) is 1.09. The fraction of sp³-hybridized carbons (Fsp3) is 0. The molecule has 1 aromatic rings. The van der Waals surface area contributed by atoms with Crippen LogP contribution in [0.2, 0.25) is 0 Å². The van der Waals surface area contributed by atoms with E-state index in [-0.39, 0.29) is 5.75 Å². The van der Waals surface area contributed by atoms with Crippen LogP contribution in [0.4, 0.5) is 4.39 Å². The second-order valence-electron chi connectivity index (χ2n) is 1.74. The molecule has 0 aromatic heterocycles. The van der Waals surface area contributed by atoms with E-state index in [0.29, 0.717) is 0 Å². The number of phenolic OH excluding ortho intramolecular Hbond substituents is 1. The van der Waals surface area contributed by atoms with Gasteiger partial charge >= 0.3 is 0 Å². The van der Waals surface area contributed by atoms with Crippen molar-refractivity contribution in [2.75, 3.05) is 0 Å². The normalized spacial score (nSPS) is 9.30. The van der Waals surface area contributed by atoms with Crippen LogP contribution < -0.4 is 0 Å². The molecule has 0 aliphatic rings. The fourth-order valence-corrected chi connectivity index (χ4v) is 0.614. The summed E-state index contributed by atoms with van der Waals surface area (Å²) in [5.41, 5.74) is -0.414. The van der Waals surface area contributed by atoms with E-state index in [1.807, 2.05) is 0 Å². The Morgan fingerprint density at radius 1 is 1.50 bits per heavy atom. The molecule has 1 radical (unpaired) electrons. The zero-order valence-electron chi connectivity index (χ0n) is 4.97. The van der Waals surface area contributed by atoms with Crippen LogP contribution in [0, 0.1) is 5.82 Å². The molecule has 3 heteroatoms. The van der Waals surface area contributed by atoms with E-state index < -0.39 is 11.4 Å². The van der Waals surface area contributed by atoms with Gasteiger partial charge in [0.25, 0.3) is 0 Å². The topological polar surface area (TPSA) is 37.3 Å². The molecule has 0 unspecified atom stereocenters. The van der Waals surface area contributed by atoms with Crippen LogP contribution >= 0.6 is 0 Å². The lowest BCUT2D eigenvalue weighted by molar-refractivity contribution is 0.464. The number of rotatable bonds is 1. The first-order valence-electron chi connectivity index (χ1n) is 2.61. The molecule has 0 saturated carbocycles. The van der Waals surface area contributed by atoms with Gasteiger partial charge in [-0.15, -0.1) is 0 Å². The van der Waals surface area contributed by atoms with Crippen LogP contribution in [0.3, 0.4) is 0 Å². The molecule has 1 N–H and O–H groups in total. The molecule has 1 rings (SSSR count). The summed E-state index contributed by atoms with van der Waals surface area (Å²) in [6.07, 6.45) is 1.29. The number of benzene rings is 1. The Morgan fingerprint density at radius 2 is 2.20 bits per heavy atom. The van der Waals surface area contributed by atoms with Gasteiger partial charge in [-0.25, -0.2) is 4.39 Å². The number of hydrogen-bond donors (Lipinski definition) is 1. The highest BCUT2D eigenvalue weighted by molar-refractivity contribution is 5.79. The summed E-state index contributed by atoms with van der Waals surface area (Å²) in [5, 5.41) is 8.79. The van der Waals surface area contributed by atoms with Crippen molar-refractivity contribution in [1.82, 2.24) is 0 Å². The van der Waals surface area contributed by atoms with Crippen LogP contribution in [0.25, 0.3) is 0 Å². The van der Waals surface area contributed by atoms with Crippen molar-refractivity contribution < 1.29 is 14.3 Å². The van der Waals surface area contributed by atoms with Gasteiger partial charge in [0, 0.05) is 0 Å². The maximum atomic E-state index is 12.4. The van der Waals surface area contributed by atoms with E-state index in [1.165, 1.54) is 18.4 Å². The molecule has 0 spiro atoms. The minimum Gasteiger partial charge on any atom is -0.507 e. The maximum Gasteiger partial charge on any atom is 0.240 e. The summed E-state index contributed by atoms with van der Waals surface area (Å²) in [6.45, 7) is 0. The summed E-state index contributed by atoms with van der Waals surface area (Å²) in [7, 11) is 0. The van der Waals surface area contributed by atoms with Crippen LogP contribution in [-0.2, 0) is 4.79 Å². The van der Waals surface area contributed by atoms with E-state index in [0.717, 1.165) is 6.07 Å². The third-order valence-corrected chi connectivity index (χ3v) is 1.09. The van der Waals surface area contributed by atoms with Gasteiger partial charge in [-0.05, 0) is 12.1 Å². The standard InChI is InChI=1S/C7H4FO2/c8-6-2-1-3-7(10)5(6)4-9/h1-3,10H. The second kappa shape index (κ2) is 2.47. The minimum absolute atomic E-state index is 0.380. The predicted octanol–water partition coefficient (Wildman–Crippen LogP) is 0.989. The van der Waals surface area contributed by atoms with Crippen molar-refractivity contribution in [3.05, 3.63) is 29.6 Å².